The molecule has 1 aromatic heterocycles. The highest BCUT2D eigenvalue weighted by Crippen LogP contribution is 2.32. The van der Waals surface area contributed by atoms with E-state index in [9.17, 15) is 24.0 Å². The van der Waals surface area contributed by atoms with E-state index in [0.29, 0.717) is 29.1 Å². The van der Waals surface area contributed by atoms with Crippen molar-refractivity contribution in [3.8, 4) is 0 Å². The van der Waals surface area contributed by atoms with Crippen LogP contribution in [0.15, 0.2) is 54.7 Å². The summed E-state index contributed by atoms with van der Waals surface area (Å²) in [4.78, 5) is 71.3. The van der Waals surface area contributed by atoms with Gasteiger partial charge in [-0.1, -0.05) is 18.2 Å². The molecule has 4 heterocycles. The lowest BCUT2D eigenvalue weighted by Crippen LogP contribution is -2.54. The number of imide groups is 2. The number of carbonyl (C=O) groups excluding carboxylic acids is 5. The molecule has 2 N–H and O–H groups in total. The fraction of sp³-hybridized carbons (Fsp3) is 0.312. The van der Waals surface area contributed by atoms with Gasteiger partial charge in [0, 0.05) is 63.9 Å². The molecule has 0 radical (unpaired) electrons. The molecule has 3 aromatic rings. The van der Waals surface area contributed by atoms with E-state index in [1.54, 1.807) is 30.5 Å². The molecule has 6 rings (SSSR count). The molecule has 0 saturated carbocycles. The SMILES string of the molecule is CC(=O)c1ccc(N2CCN(Cc3ccc(CNc4cccc5c4C(=O)N(C4CCC(=O)NC4=O)C5=O)cc3F)CC2)cn1. The quantitative estimate of drug-likeness (QED) is 0.297. The molecule has 0 bridgehead atoms. The number of piperidine rings is 1. The van der Waals surface area contributed by atoms with Gasteiger partial charge >= 0.3 is 0 Å². The van der Waals surface area contributed by atoms with Gasteiger partial charge in [0.15, 0.2) is 5.78 Å². The highest BCUT2D eigenvalue weighted by Gasteiger charge is 2.45. The fourth-order valence-electron chi connectivity index (χ4n) is 5.88. The molecule has 2 fully saturated rings. The summed E-state index contributed by atoms with van der Waals surface area (Å²) in [7, 11) is 0. The standard InChI is InChI=1S/C32H31FN6O5/c1-19(40)25-8-7-22(17-35-25)38-13-11-37(12-14-38)18-21-6-5-20(15-24(21)33)16-34-26-4-2-3-23-29(26)32(44)39(31(23)43)27-9-10-28(41)36-30(27)42/h2-8,15,17,27,34H,9-14,16,18H2,1H3,(H,36,41,42). The number of fused-ring (bicyclic) bond motifs is 1. The third-order valence-corrected chi connectivity index (χ3v) is 8.31. The van der Waals surface area contributed by atoms with Gasteiger partial charge in [0.25, 0.3) is 11.8 Å². The van der Waals surface area contributed by atoms with Gasteiger partial charge in [-0.25, -0.2) is 4.39 Å². The number of piperazine rings is 1. The molecule has 226 valence electrons. The number of carbonyl (C=O) groups is 5. The van der Waals surface area contributed by atoms with Crippen LogP contribution in [-0.4, -0.2) is 76.4 Å². The monoisotopic (exact) mass is 598 g/mol. The number of hydrogen-bond donors (Lipinski definition) is 2. The van der Waals surface area contributed by atoms with Crippen molar-refractivity contribution < 1.29 is 28.4 Å². The Morgan fingerprint density at radius 2 is 1.82 bits per heavy atom. The molecule has 12 heteroatoms. The second-order valence-corrected chi connectivity index (χ2v) is 11.2. The number of rotatable bonds is 8. The molecule has 4 amide bonds. The van der Waals surface area contributed by atoms with Crippen molar-refractivity contribution >= 4 is 40.8 Å². The Kier molecular flexibility index (Phi) is 7.92. The van der Waals surface area contributed by atoms with E-state index < -0.39 is 29.7 Å². The number of halogens is 1. The minimum absolute atomic E-state index is 0.0436. The van der Waals surface area contributed by atoms with Crippen LogP contribution in [0.25, 0.3) is 0 Å². The van der Waals surface area contributed by atoms with Crippen LogP contribution in [0.5, 0.6) is 0 Å². The fourth-order valence-corrected chi connectivity index (χ4v) is 5.88. The van der Waals surface area contributed by atoms with Gasteiger partial charge in [0.1, 0.15) is 17.6 Å². The molecule has 0 spiro atoms. The number of pyridine rings is 1. The number of amides is 4. The summed E-state index contributed by atoms with van der Waals surface area (Å²) in [5.74, 6) is -2.68. The zero-order valence-electron chi connectivity index (χ0n) is 24.1. The predicted octanol–water partition coefficient (Wildman–Crippen LogP) is 2.76. The molecule has 44 heavy (non-hydrogen) atoms. The normalized spacial score (nSPS) is 18.8. The molecule has 2 aromatic carbocycles. The van der Waals surface area contributed by atoms with Gasteiger partial charge in [0.05, 0.1) is 23.0 Å². The molecule has 2 saturated heterocycles. The summed E-state index contributed by atoms with van der Waals surface area (Å²) >= 11 is 0. The summed E-state index contributed by atoms with van der Waals surface area (Å²) in [6.45, 7) is 5.18. The topological polar surface area (TPSA) is 132 Å². The third kappa shape index (κ3) is 5.68. The Balaban J connectivity index is 1.06. The minimum atomic E-state index is -1.05. The van der Waals surface area contributed by atoms with Crippen molar-refractivity contribution in [2.24, 2.45) is 0 Å². The van der Waals surface area contributed by atoms with E-state index in [0.717, 1.165) is 36.8 Å². The highest BCUT2D eigenvalue weighted by molar-refractivity contribution is 6.25. The average Bonchev–Trinajstić information content (AvgIpc) is 3.27. The highest BCUT2D eigenvalue weighted by atomic mass is 19.1. The van der Waals surface area contributed by atoms with E-state index in [1.165, 1.54) is 19.1 Å². The number of aromatic nitrogens is 1. The first-order valence-electron chi connectivity index (χ1n) is 14.5. The number of nitrogens with zero attached hydrogens (tertiary/aromatic N) is 4. The Hall–Kier alpha value is -4.97. The first-order valence-corrected chi connectivity index (χ1v) is 14.5. The molecule has 1 atom stereocenters. The summed E-state index contributed by atoms with van der Waals surface area (Å²) < 4.78 is 15.2. The van der Waals surface area contributed by atoms with Crippen LogP contribution >= 0.6 is 0 Å². The lowest BCUT2D eigenvalue weighted by atomic mass is 10.0. The van der Waals surface area contributed by atoms with Crippen molar-refractivity contribution in [2.75, 3.05) is 36.4 Å². The predicted molar refractivity (Wildman–Crippen MR) is 159 cm³/mol. The van der Waals surface area contributed by atoms with Crippen LogP contribution in [0.1, 0.15) is 62.1 Å². The van der Waals surface area contributed by atoms with Crippen molar-refractivity contribution in [1.82, 2.24) is 20.1 Å². The summed E-state index contributed by atoms with van der Waals surface area (Å²) in [6.07, 6.45) is 1.83. The number of hydrogen-bond acceptors (Lipinski definition) is 9. The number of Topliss-reactive ketones (excluding diaryl/α,β-unsaturated/α-hetero) is 1. The molecule has 3 aliphatic heterocycles. The number of anilines is 2. The zero-order chi connectivity index (χ0) is 31.0. The summed E-state index contributed by atoms with van der Waals surface area (Å²) in [5, 5.41) is 5.34. The lowest BCUT2D eigenvalue weighted by Gasteiger charge is -2.36. The van der Waals surface area contributed by atoms with Gasteiger partial charge in [0.2, 0.25) is 11.8 Å². The molecule has 11 nitrogen and oxygen atoms in total. The second-order valence-electron chi connectivity index (χ2n) is 11.2. The van der Waals surface area contributed by atoms with E-state index in [4.69, 9.17) is 0 Å². The second kappa shape index (κ2) is 12.0. The van der Waals surface area contributed by atoms with E-state index in [1.807, 2.05) is 12.1 Å². The van der Waals surface area contributed by atoms with Crippen LogP contribution < -0.4 is 15.5 Å². The minimum Gasteiger partial charge on any atom is -0.380 e. The van der Waals surface area contributed by atoms with Gasteiger partial charge in [-0.15, -0.1) is 0 Å². The molecule has 0 aliphatic carbocycles. The van der Waals surface area contributed by atoms with Crippen molar-refractivity contribution in [3.63, 3.8) is 0 Å². The Morgan fingerprint density at radius 1 is 1.02 bits per heavy atom. The Bertz CT molecular complexity index is 1670. The van der Waals surface area contributed by atoms with Gasteiger partial charge in [-0.2, -0.15) is 0 Å². The Morgan fingerprint density at radius 3 is 2.50 bits per heavy atom. The maximum absolute atomic E-state index is 15.2. The first-order chi connectivity index (χ1) is 21.2. The van der Waals surface area contributed by atoms with E-state index in [-0.39, 0.29) is 42.1 Å². The van der Waals surface area contributed by atoms with Crippen molar-refractivity contribution in [2.45, 2.75) is 38.9 Å². The smallest absolute Gasteiger partial charge is 0.264 e. The number of ketones is 1. The number of nitrogens with one attached hydrogen (secondary N) is 2. The largest absolute Gasteiger partial charge is 0.380 e. The molecular weight excluding hydrogens is 567 g/mol. The molecule has 1 unspecified atom stereocenters. The molecular formula is C32H31FN6O5. The lowest BCUT2D eigenvalue weighted by molar-refractivity contribution is -0.136. The Labute approximate surface area is 253 Å². The van der Waals surface area contributed by atoms with Gasteiger partial charge in [-0.05, 0) is 42.3 Å². The van der Waals surface area contributed by atoms with Gasteiger partial charge in [-0.3, -0.25) is 44.1 Å². The van der Waals surface area contributed by atoms with Crippen LogP contribution in [0, 0.1) is 5.82 Å². The van der Waals surface area contributed by atoms with Crippen LogP contribution in [-0.2, 0) is 22.7 Å². The molecule has 3 aliphatic rings. The van der Waals surface area contributed by atoms with Crippen molar-refractivity contribution in [1.29, 1.82) is 0 Å². The summed E-state index contributed by atoms with van der Waals surface area (Å²) in [5.41, 5.74) is 3.37. The van der Waals surface area contributed by atoms with E-state index >= 15 is 4.39 Å². The van der Waals surface area contributed by atoms with Crippen LogP contribution in [0.4, 0.5) is 15.8 Å². The summed E-state index contributed by atoms with van der Waals surface area (Å²) in [6, 6.07) is 12.5. The van der Waals surface area contributed by atoms with E-state index in [2.05, 4.69) is 25.4 Å². The number of benzene rings is 2. The maximum Gasteiger partial charge on any atom is 0.264 e. The van der Waals surface area contributed by atoms with Crippen molar-refractivity contribution in [3.05, 3.63) is 88.5 Å². The zero-order valence-corrected chi connectivity index (χ0v) is 24.1. The van der Waals surface area contributed by atoms with Gasteiger partial charge < -0.3 is 10.2 Å². The average molecular weight is 599 g/mol. The van der Waals surface area contributed by atoms with Crippen LogP contribution in [0.3, 0.4) is 0 Å². The van der Waals surface area contributed by atoms with Crippen LogP contribution in [0.2, 0.25) is 0 Å². The third-order valence-electron chi connectivity index (χ3n) is 8.31. The maximum atomic E-state index is 15.2. The first kappa shape index (κ1) is 29.1.